The maximum absolute atomic E-state index is 11.8. The van der Waals surface area contributed by atoms with E-state index in [0.717, 1.165) is 6.07 Å². The van der Waals surface area contributed by atoms with Gasteiger partial charge in [0.15, 0.2) is 5.69 Å². The van der Waals surface area contributed by atoms with Gasteiger partial charge in [-0.05, 0) is 6.07 Å². The van der Waals surface area contributed by atoms with E-state index >= 15 is 0 Å². The molecule has 0 saturated heterocycles. The lowest BCUT2D eigenvalue weighted by atomic mass is 10.3. The SMILES string of the molecule is COC(=O)c1cc(OC(F)F)ccn1. The van der Waals surface area contributed by atoms with Gasteiger partial charge in [-0.25, -0.2) is 9.78 Å². The Morgan fingerprint density at radius 1 is 1.57 bits per heavy atom. The lowest BCUT2D eigenvalue weighted by molar-refractivity contribution is -0.0499. The highest BCUT2D eigenvalue weighted by Crippen LogP contribution is 2.14. The van der Waals surface area contributed by atoms with Crippen molar-refractivity contribution in [1.29, 1.82) is 0 Å². The number of carbonyl (C=O) groups excluding carboxylic acids is 1. The first kappa shape index (κ1) is 10.4. The summed E-state index contributed by atoms with van der Waals surface area (Å²) < 4.78 is 32.0. The van der Waals surface area contributed by atoms with Gasteiger partial charge in [0.25, 0.3) is 0 Å². The summed E-state index contributed by atoms with van der Waals surface area (Å²) in [5.74, 6) is -0.833. The van der Waals surface area contributed by atoms with Gasteiger partial charge >= 0.3 is 12.6 Å². The number of carbonyl (C=O) groups is 1. The van der Waals surface area contributed by atoms with Crippen LogP contribution in [-0.2, 0) is 4.74 Å². The number of halogens is 2. The molecular weight excluding hydrogens is 196 g/mol. The summed E-state index contributed by atoms with van der Waals surface area (Å²) in [6, 6.07) is 2.30. The van der Waals surface area contributed by atoms with Gasteiger partial charge in [-0.1, -0.05) is 0 Å². The van der Waals surface area contributed by atoms with Crippen LogP contribution >= 0.6 is 0 Å². The molecule has 0 spiro atoms. The average Bonchev–Trinajstić information content (AvgIpc) is 2.16. The van der Waals surface area contributed by atoms with E-state index < -0.39 is 12.6 Å². The molecular formula is C8H7F2NO3. The third-order valence-corrected chi connectivity index (χ3v) is 1.35. The molecule has 14 heavy (non-hydrogen) atoms. The van der Waals surface area contributed by atoms with Gasteiger partial charge in [-0.2, -0.15) is 8.78 Å². The molecule has 6 heteroatoms. The van der Waals surface area contributed by atoms with Crippen molar-refractivity contribution in [3.05, 3.63) is 24.0 Å². The molecule has 4 nitrogen and oxygen atoms in total. The second kappa shape index (κ2) is 4.50. The summed E-state index contributed by atoms with van der Waals surface area (Å²) in [5, 5.41) is 0. The Bertz CT molecular complexity index is 330. The molecule has 0 unspecified atom stereocenters. The fourth-order valence-electron chi connectivity index (χ4n) is 0.804. The lowest BCUT2D eigenvalue weighted by Gasteiger charge is -2.04. The highest BCUT2D eigenvalue weighted by atomic mass is 19.3. The Morgan fingerprint density at radius 2 is 2.29 bits per heavy atom. The van der Waals surface area contributed by atoms with Crippen LogP contribution < -0.4 is 4.74 Å². The van der Waals surface area contributed by atoms with Crippen LogP contribution in [0.5, 0.6) is 5.75 Å². The van der Waals surface area contributed by atoms with Crippen molar-refractivity contribution >= 4 is 5.97 Å². The molecule has 0 bridgehead atoms. The highest BCUT2D eigenvalue weighted by molar-refractivity contribution is 5.87. The van der Waals surface area contributed by atoms with Crippen molar-refractivity contribution in [2.45, 2.75) is 6.61 Å². The summed E-state index contributed by atoms with van der Waals surface area (Å²) >= 11 is 0. The van der Waals surface area contributed by atoms with E-state index in [9.17, 15) is 13.6 Å². The van der Waals surface area contributed by atoms with E-state index in [0.29, 0.717) is 0 Å². The Labute approximate surface area is 78.5 Å². The predicted octanol–water partition coefficient (Wildman–Crippen LogP) is 1.47. The second-order valence-corrected chi connectivity index (χ2v) is 2.25. The minimum atomic E-state index is -2.93. The van der Waals surface area contributed by atoms with Gasteiger partial charge in [0, 0.05) is 12.3 Å². The Morgan fingerprint density at radius 3 is 2.86 bits per heavy atom. The highest BCUT2D eigenvalue weighted by Gasteiger charge is 2.10. The number of pyridine rings is 1. The van der Waals surface area contributed by atoms with Crippen molar-refractivity contribution in [2.75, 3.05) is 7.11 Å². The molecule has 0 aliphatic rings. The summed E-state index contributed by atoms with van der Waals surface area (Å²) in [6.07, 6.45) is 1.18. The number of rotatable bonds is 3. The monoisotopic (exact) mass is 203 g/mol. The van der Waals surface area contributed by atoms with Gasteiger partial charge in [0.2, 0.25) is 0 Å². The van der Waals surface area contributed by atoms with Crippen LogP contribution in [0.25, 0.3) is 0 Å². The fourth-order valence-corrected chi connectivity index (χ4v) is 0.804. The number of hydrogen-bond acceptors (Lipinski definition) is 4. The van der Waals surface area contributed by atoms with Crippen molar-refractivity contribution < 1.29 is 23.0 Å². The van der Waals surface area contributed by atoms with Crippen LogP contribution in [0.2, 0.25) is 0 Å². The van der Waals surface area contributed by atoms with Gasteiger partial charge in [0.05, 0.1) is 7.11 Å². The van der Waals surface area contributed by atoms with Crippen LogP contribution in [-0.4, -0.2) is 24.7 Å². The van der Waals surface area contributed by atoms with E-state index in [-0.39, 0.29) is 11.4 Å². The summed E-state index contributed by atoms with van der Waals surface area (Å²) in [4.78, 5) is 14.5. The Balaban J connectivity index is 2.84. The molecule has 1 aromatic heterocycles. The van der Waals surface area contributed by atoms with Crippen LogP contribution in [0.15, 0.2) is 18.3 Å². The summed E-state index contributed by atoms with van der Waals surface area (Å²) in [5.41, 5.74) is -0.0781. The maximum Gasteiger partial charge on any atom is 0.387 e. The topological polar surface area (TPSA) is 48.4 Å². The first-order chi connectivity index (χ1) is 6.63. The molecule has 0 atom stereocenters. The van der Waals surface area contributed by atoms with Gasteiger partial charge in [-0.3, -0.25) is 0 Å². The standard InChI is InChI=1S/C8H7F2NO3/c1-13-7(12)6-4-5(2-3-11-6)14-8(9)10/h2-4,8H,1H3. The number of ether oxygens (including phenoxy) is 2. The van der Waals surface area contributed by atoms with Gasteiger partial charge < -0.3 is 9.47 Å². The Hall–Kier alpha value is -1.72. The van der Waals surface area contributed by atoms with Crippen molar-refractivity contribution in [3.63, 3.8) is 0 Å². The number of nitrogens with zero attached hydrogens (tertiary/aromatic N) is 1. The molecule has 0 fully saturated rings. The minimum Gasteiger partial charge on any atom is -0.464 e. The third-order valence-electron chi connectivity index (χ3n) is 1.35. The zero-order valence-corrected chi connectivity index (χ0v) is 7.24. The van der Waals surface area contributed by atoms with E-state index in [1.165, 1.54) is 19.4 Å². The number of alkyl halides is 2. The van der Waals surface area contributed by atoms with Crippen molar-refractivity contribution in [3.8, 4) is 5.75 Å². The molecule has 0 amide bonds. The van der Waals surface area contributed by atoms with Crippen LogP contribution in [0.3, 0.4) is 0 Å². The first-order valence-electron chi connectivity index (χ1n) is 3.62. The first-order valence-corrected chi connectivity index (χ1v) is 3.62. The van der Waals surface area contributed by atoms with Crippen LogP contribution in [0, 0.1) is 0 Å². The molecule has 0 aliphatic carbocycles. The molecule has 0 radical (unpaired) electrons. The molecule has 0 saturated carbocycles. The van der Waals surface area contributed by atoms with Gasteiger partial charge in [-0.15, -0.1) is 0 Å². The smallest absolute Gasteiger partial charge is 0.387 e. The third kappa shape index (κ3) is 2.65. The predicted molar refractivity (Wildman–Crippen MR) is 42.2 cm³/mol. The largest absolute Gasteiger partial charge is 0.464 e. The molecule has 1 rings (SSSR count). The molecule has 1 heterocycles. The van der Waals surface area contributed by atoms with Crippen LogP contribution in [0.4, 0.5) is 8.78 Å². The van der Waals surface area contributed by atoms with E-state index in [4.69, 9.17) is 0 Å². The Kier molecular flexibility index (Phi) is 3.33. The van der Waals surface area contributed by atoms with Crippen LogP contribution in [0.1, 0.15) is 10.5 Å². The zero-order chi connectivity index (χ0) is 10.6. The van der Waals surface area contributed by atoms with E-state index in [1.54, 1.807) is 0 Å². The maximum atomic E-state index is 11.8. The molecule has 76 valence electrons. The number of esters is 1. The minimum absolute atomic E-state index is 0.0781. The fraction of sp³-hybridized carbons (Fsp3) is 0.250. The van der Waals surface area contributed by atoms with E-state index in [1.807, 2.05) is 0 Å². The zero-order valence-electron chi connectivity index (χ0n) is 7.24. The summed E-state index contributed by atoms with van der Waals surface area (Å²) in [7, 11) is 1.17. The molecule has 0 aliphatic heterocycles. The van der Waals surface area contributed by atoms with E-state index in [2.05, 4.69) is 14.5 Å². The lowest BCUT2D eigenvalue weighted by Crippen LogP contribution is -2.06. The van der Waals surface area contributed by atoms with Crippen molar-refractivity contribution in [1.82, 2.24) is 4.98 Å². The molecule has 0 aromatic carbocycles. The number of methoxy groups -OCH3 is 1. The normalized spacial score (nSPS) is 10.0. The quantitative estimate of drug-likeness (QED) is 0.698. The van der Waals surface area contributed by atoms with Crippen molar-refractivity contribution in [2.24, 2.45) is 0 Å². The average molecular weight is 203 g/mol. The summed E-state index contributed by atoms with van der Waals surface area (Å²) in [6.45, 7) is -2.93. The van der Waals surface area contributed by atoms with Gasteiger partial charge in [0.1, 0.15) is 5.75 Å². The number of hydrogen-bond donors (Lipinski definition) is 0. The number of aromatic nitrogens is 1. The molecule has 0 N–H and O–H groups in total. The molecule has 1 aromatic rings. The second-order valence-electron chi connectivity index (χ2n) is 2.25.